The molecule has 0 saturated heterocycles. The van der Waals surface area contributed by atoms with E-state index >= 15 is 0 Å². The van der Waals surface area contributed by atoms with E-state index in [1.807, 2.05) is 13.8 Å². The van der Waals surface area contributed by atoms with Gasteiger partial charge in [0.25, 0.3) is 5.56 Å². The number of nitrogens with zero attached hydrogens (tertiary/aromatic N) is 2. The van der Waals surface area contributed by atoms with Crippen molar-refractivity contribution < 1.29 is 4.39 Å². The summed E-state index contributed by atoms with van der Waals surface area (Å²) >= 11 is 1.32. The van der Waals surface area contributed by atoms with Crippen LogP contribution < -0.4 is 17.0 Å². The third-order valence-corrected chi connectivity index (χ3v) is 5.57. The number of fused-ring (bicyclic) bond motifs is 1. The smallest absolute Gasteiger partial charge is 0.326 e. The monoisotopic (exact) mass is 311 g/mol. The molecule has 1 aliphatic rings. The highest BCUT2D eigenvalue weighted by atomic mass is 32.1. The van der Waals surface area contributed by atoms with Crippen LogP contribution in [0.2, 0.25) is 0 Å². The molecule has 2 aromatic rings. The van der Waals surface area contributed by atoms with Crippen LogP contribution in [0, 0.1) is 12.8 Å². The van der Waals surface area contributed by atoms with Crippen molar-refractivity contribution in [1.29, 1.82) is 0 Å². The number of halogens is 1. The molecule has 114 valence electrons. The molecule has 3 rings (SSSR count). The number of aromatic nitrogens is 2. The Bertz CT molecular complexity index is 820. The van der Waals surface area contributed by atoms with E-state index in [0.717, 1.165) is 16.9 Å². The summed E-state index contributed by atoms with van der Waals surface area (Å²) in [6.07, 6.45) is 0.823. The Morgan fingerprint density at radius 3 is 2.62 bits per heavy atom. The molecule has 0 aromatic carbocycles. The van der Waals surface area contributed by atoms with Gasteiger partial charge in [0.1, 0.15) is 11.5 Å². The lowest BCUT2D eigenvalue weighted by Gasteiger charge is -2.10. The van der Waals surface area contributed by atoms with Crippen LogP contribution in [-0.4, -0.2) is 15.8 Å². The summed E-state index contributed by atoms with van der Waals surface area (Å²) in [6, 6.07) is -0.0547. The highest BCUT2D eigenvalue weighted by molar-refractivity contribution is 7.18. The van der Waals surface area contributed by atoms with Gasteiger partial charge in [-0.15, -0.1) is 11.3 Å². The van der Waals surface area contributed by atoms with E-state index in [-0.39, 0.29) is 18.1 Å². The minimum Gasteiger partial charge on any atom is -0.326 e. The molecule has 0 bridgehead atoms. The van der Waals surface area contributed by atoms with Gasteiger partial charge in [0.2, 0.25) is 0 Å². The average Bonchev–Trinajstić information content (AvgIpc) is 3.05. The van der Waals surface area contributed by atoms with E-state index in [0.29, 0.717) is 22.7 Å². The summed E-state index contributed by atoms with van der Waals surface area (Å²) in [5, 5.41) is 0.521. The highest BCUT2D eigenvalue weighted by Crippen LogP contribution is 2.41. The van der Waals surface area contributed by atoms with Crippen LogP contribution in [0.25, 0.3) is 10.2 Å². The maximum Gasteiger partial charge on any atom is 0.332 e. The van der Waals surface area contributed by atoms with E-state index in [2.05, 4.69) is 0 Å². The van der Waals surface area contributed by atoms with Crippen molar-refractivity contribution in [3.8, 4) is 0 Å². The van der Waals surface area contributed by atoms with Gasteiger partial charge in [-0.2, -0.15) is 0 Å². The molecule has 0 radical (unpaired) electrons. The first-order chi connectivity index (χ1) is 10.0. The maximum atomic E-state index is 12.8. The van der Waals surface area contributed by atoms with E-state index < -0.39 is 12.4 Å². The molecular weight excluding hydrogens is 293 g/mol. The highest BCUT2D eigenvalue weighted by Gasteiger charge is 2.38. The Kier molecular flexibility index (Phi) is 3.49. The summed E-state index contributed by atoms with van der Waals surface area (Å²) < 4.78 is 15.5. The summed E-state index contributed by atoms with van der Waals surface area (Å²) in [5.74, 6) is 0.319. The Balaban J connectivity index is 2.41. The second kappa shape index (κ2) is 5.06. The lowest BCUT2D eigenvalue weighted by Crippen LogP contribution is -2.40. The Labute approximate surface area is 124 Å². The van der Waals surface area contributed by atoms with Gasteiger partial charge in [-0.3, -0.25) is 13.9 Å². The van der Waals surface area contributed by atoms with Gasteiger partial charge in [-0.05, 0) is 24.8 Å². The molecule has 1 aliphatic carbocycles. The Morgan fingerprint density at radius 2 is 2.10 bits per heavy atom. The summed E-state index contributed by atoms with van der Waals surface area (Å²) in [5.41, 5.74) is 5.86. The van der Waals surface area contributed by atoms with Crippen LogP contribution in [0.15, 0.2) is 9.59 Å². The standard InChI is InChI=1S/C14H18FN3O2S/c1-7-5-9(7)18-12(19)11-8(2)10(6-16)21-13(11)17(4-3-15)14(18)20/h7,9H,3-6,16H2,1-2H3. The van der Waals surface area contributed by atoms with E-state index in [1.165, 1.54) is 20.5 Å². The van der Waals surface area contributed by atoms with Crippen LogP contribution in [-0.2, 0) is 13.1 Å². The number of aryl methyl sites for hydroxylation is 2. The molecule has 1 saturated carbocycles. The third kappa shape index (κ3) is 2.06. The lowest BCUT2D eigenvalue weighted by molar-refractivity contribution is 0.434. The van der Waals surface area contributed by atoms with Crippen molar-refractivity contribution >= 4 is 21.6 Å². The predicted octanol–water partition coefficient (Wildman–Crippen LogP) is 1.54. The Morgan fingerprint density at radius 1 is 1.43 bits per heavy atom. The fourth-order valence-corrected chi connectivity index (χ4v) is 4.04. The number of thiophene rings is 1. The first kappa shape index (κ1) is 14.5. The first-order valence-corrected chi connectivity index (χ1v) is 7.86. The molecule has 7 heteroatoms. The normalized spacial score (nSPS) is 21.1. The van der Waals surface area contributed by atoms with Gasteiger partial charge >= 0.3 is 5.69 Å². The number of hydrogen-bond donors (Lipinski definition) is 1. The zero-order valence-electron chi connectivity index (χ0n) is 12.1. The molecule has 1 fully saturated rings. The van der Waals surface area contributed by atoms with E-state index in [1.54, 1.807) is 0 Å². The molecular formula is C14H18FN3O2S. The van der Waals surface area contributed by atoms with Gasteiger partial charge in [0, 0.05) is 17.5 Å². The molecule has 5 nitrogen and oxygen atoms in total. The predicted molar refractivity (Wildman–Crippen MR) is 81.8 cm³/mol. The first-order valence-electron chi connectivity index (χ1n) is 7.04. The molecule has 2 aromatic heterocycles. The summed E-state index contributed by atoms with van der Waals surface area (Å²) in [7, 11) is 0. The van der Waals surface area contributed by atoms with Crippen molar-refractivity contribution in [3.05, 3.63) is 31.3 Å². The topological polar surface area (TPSA) is 70.0 Å². The molecule has 0 aliphatic heterocycles. The van der Waals surface area contributed by atoms with E-state index in [9.17, 15) is 14.0 Å². The van der Waals surface area contributed by atoms with E-state index in [4.69, 9.17) is 5.73 Å². The third-order valence-electron chi connectivity index (χ3n) is 4.23. The van der Waals surface area contributed by atoms with Crippen molar-refractivity contribution in [2.24, 2.45) is 11.7 Å². The quantitative estimate of drug-likeness (QED) is 0.931. The average molecular weight is 311 g/mol. The maximum absolute atomic E-state index is 12.8. The summed E-state index contributed by atoms with van der Waals surface area (Å²) in [6.45, 7) is 3.50. The molecule has 2 N–H and O–H groups in total. The van der Waals surface area contributed by atoms with Gasteiger partial charge < -0.3 is 5.73 Å². The molecule has 0 amide bonds. The van der Waals surface area contributed by atoms with Crippen LogP contribution >= 0.6 is 11.3 Å². The zero-order chi connectivity index (χ0) is 15.3. The molecule has 21 heavy (non-hydrogen) atoms. The molecule has 2 unspecified atom stereocenters. The summed E-state index contributed by atoms with van der Waals surface area (Å²) in [4.78, 5) is 26.7. The van der Waals surface area contributed by atoms with Crippen LogP contribution in [0.3, 0.4) is 0 Å². The fourth-order valence-electron chi connectivity index (χ4n) is 2.84. The molecule has 2 heterocycles. The Hall–Kier alpha value is -1.47. The van der Waals surface area contributed by atoms with Gasteiger partial charge in [-0.1, -0.05) is 6.92 Å². The van der Waals surface area contributed by atoms with Crippen molar-refractivity contribution in [1.82, 2.24) is 9.13 Å². The second-order valence-corrected chi connectivity index (χ2v) is 6.70. The molecule has 0 spiro atoms. The van der Waals surface area contributed by atoms with Crippen molar-refractivity contribution in [2.75, 3.05) is 6.67 Å². The van der Waals surface area contributed by atoms with Gasteiger partial charge in [0.05, 0.1) is 11.9 Å². The number of alkyl halides is 1. The van der Waals surface area contributed by atoms with Gasteiger partial charge in [-0.25, -0.2) is 9.18 Å². The number of hydrogen-bond acceptors (Lipinski definition) is 4. The minimum absolute atomic E-state index is 0.0271. The fraction of sp³-hybridized carbons (Fsp3) is 0.571. The molecule has 2 atom stereocenters. The SMILES string of the molecule is Cc1c(CN)sc2c1c(=O)n(C1CC1C)c(=O)n2CCF. The van der Waals surface area contributed by atoms with Crippen molar-refractivity contribution in [3.63, 3.8) is 0 Å². The zero-order valence-corrected chi connectivity index (χ0v) is 12.9. The number of rotatable bonds is 4. The van der Waals surface area contributed by atoms with Crippen LogP contribution in [0.4, 0.5) is 4.39 Å². The van der Waals surface area contributed by atoms with Gasteiger partial charge in [0.15, 0.2) is 0 Å². The number of nitrogens with two attached hydrogens (primary N) is 1. The lowest BCUT2D eigenvalue weighted by atomic mass is 10.2. The second-order valence-electron chi connectivity index (χ2n) is 5.61. The largest absolute Gasteiger partial charge is 0.332 e. The minimum atomic E-state index is -0.637. The van der Waals surface area contributed by atoms with Crippen LogP contribution in [0.5, 0.6) is 0 Å². The van der Waals surface area contributed by atoms with Crippen molar-refractivity contribution in [2.45, 2.75) is 39.4 Å². The van der Waals surface area contributed by atoms with Crippen LogP contribution in [0.1, 0.15) is 29.8 Å².